The molecule has 1 aromatic carbocycles. The Morgan fingerprint density at radius 2 is 2.05 bits per heavy atom. The number of benzene rings is 1. The maximum Gasteiger partial charge on any atom is 0.219 e. The number of nitrogen functional groups attached to an aromatic ring is 1. The van der Waals surface area contributed by atoms with Crippen molar-refractivity contribution in [2.24, 2.45) is 5.73 Å². The van der Waals surface area contributed by atoms with Crippen LogP contribution >= 0.6 is 0 Å². The molecule has 3 N–H and O–H groups in total. The van der Waals surface area contributed by atoms with E-state index in [4.69, 9.17) is 15.9 Å². The summed E-state index contributed by atoms with van der Waals surface area (Å²) < 4.78 is 5.65. The molecule has 0 amide bonds. The quantitative estimate of drug-likeness (QED) is 0.649. The smallest absolute Gasteiger partial charge is 0.219 e. The van der Waals surface area contributed by atoms with E-state index in [1.807, 2.05) is 43.3 Å². The van der Waals surface area contributed by atoms with Crippen LogP contribution in [-0.2, 0) is 0 Å². The fourth-order valence-electron chi connectivity index (χ4n) is 1.55. The standard InChI is InChI=1S/C14H16N4O/c1-18(2)11-4-3-5-12(8-11)19-13-7-6-10(9-17-13)14(15)16/h3-9H,1-2H3,(H3,15,16). The van der Waals surface area contributed by atoms with E-state index in [1.165, 1.54) is 6.20 Å². The Labute approximate surface area is 112 Å². The minimum atomic E-state index is -0.00587. The van der Waals surface area contributed by atoms with Gasteiger partial charge in [-0.05, 0) is 18.2 Å². The molecular weight excluding hydrogens is 240 g/mol. The lowest BCUT2D eigenvalue weighted by Gasteiger charge is -2.13. The first-order chi connectivity index (χ1) is 9.06. The van der Waals surface area contributed by atoms with E-state index >= 15 is 0 Å². The first kappa shape index (κ1) is 12.9. The number of amidine groups is 1. The summed E-state index contributed by atoms with van der Waals surface area (Å²) in [5.74, 6) is 1.18. The SMILES string of the molecule is CN(C)c1cccc(Oc2ccc(C(=N)N)cn2)c1. The molecule has 0 atom stereocenters. The molecule has 0 fully saturated rings. The third kappa shape index (κ3) is 3.22. The third-order valence-corrected chi connectivity index (χ3v) is 2.60. The van der Waals surface area contributed by atoms with Crippen LogP contribution in [0.1, 0.15) is 5.56 Å². The van der Waals surface area contributed by atoms with Crippen molar-refractivity contribution >= 4 is 11.5 Å². The van der Waals surface area contributed by atoms with E-state index in [0.717, 1.165) is 5.69 Å². The summed E-state index contributed by atoms with van der Waals surface area (Å²) in [7, 11) is 3.94. The van der Waals surface area contributed by atoms with Gasteiger partial charge >= 0.3 is 0 Å². The summed E-state index contributed by atoms with van der Waals surface area (Å²) in [4.78, 5) is 6.11. The van der Waals surface area contributed by atoms with Crippen molar-refractivity contribution < 1.29 is 4.74 Å². The number of aromatic nitrogens is 1. The van der Waals surface area contributed by atoms with E-state index in [0.29, 0.717) is 17.2 Å². The maximum atomic E-state index is 7.29. The monoisotopic (exact) mass is 256 g/mol. The molecular formula is C14H16N4O. The number of hydrogen-bond donors (Lipinski definition) is 2. The van der Waals surface area contributed by atoms with Gasteiger partial charge in [0.25, 0.3) is 0 Å². The third-order valence-electron chi connectivity index (χ3n) is 2.60. The van der Waals surface area contributed by atoms with Crippen LogP contribution in [0.2, 0.25) is 0 Å². The Kier molecular flexibility index (Phi) is 3.66. The molecule has 2 rings (SSSR count). The van der Waals surface area contributed by atoms with Gasteiger partial charge in [0.1, 0.15) is 11.6 Å². The van der Waals surface area contributed by atoms with Crippen LogP contribution in [0.15, 0.2) is 42.6 Å². The van der Waals surface area contributed by atoms with Gasteiger partial charge in [-0.25, -0.2) is 4.98 Å². The van der Waals surface area contributed by atoms with Crippen LogP contribution in [-0.4, -0.2) is 24.9 Å². The molecule has 1 heterocycles. The fraction of sp³-hybridized carbons (Fsp3) is 0.143. The zero-order valence-corrected chi connectivity index (χ0v) is 10.9. The number of pyridine rings is 1. The van der Waals surface area contributed by atoms with E-state index in [1.54, 1.807) is 12.1 Å². The van der Waals surface area contributed by atoms with Gasteiger partial charge in [-0.1, -0.05) is 6.07 Å². The largest absolute Gasteiger partial charge is 0.439 e. The molecule has 5 nitrogen and oxygen atoms in total. The summed E-state index contributed by atoms with van der Waals surface area (Å²) >= 11 is 0. The maximum absolute atomic E-state index is 7.29. The van der Waals surface area contributed by atoms with Crippen LogP contribution in [0.25, 0.3) is 0 Å². The summed E-state index contributed by atoms with van der Waals surface area (Å²) in [5.41, 5.74) is 7.00. The average Bonchev–Trinajstić information content (AvgIpc) is 2.39. The number of rotatable bonds is 4. The Bertz CT molecular complexity index is 578. The highest BCUT2D eigenvalue weighted by Gasteiger charge is 2.02. The number of hydrogen-bond acceptors (Lipinski definition) is 4. The highest BCUT2D eigenvalue weighted by atomic mass is 16.5. The molecule has 0 aliphatic rings. The van der Waals surface area contributed by atoms with Crippen LogP contribution in [0.3, 0.4) is 0 Å². The molecule has 19 heavy (non-hydrogen) atoms. The van der Waals surface area contributed by atoms with Gasteiger partial charge in [0, 0.05) is 43.7 Å². The Morgan fingerprint density at radius 1 is 1.26 bits per heavy atom. The van der Waals surface area contributed by atoms with E-state index in [9.17, 15) is 0 Å². The van der Waals surface area contributed by atoms with Crippen LogP contribution in [0.4, 0.5) is 5.69 Å². The van der Waals surface area contributed by atoms with E-state index in [-0.39, 0.29) is 5.84 Å². The molecule has 0 radical (unpaired) electrons. The predicted molar refractivity (Wildman–Crippen MR) is 76.1 cm³/mol. The summed E-state index contributed by atoms with van der Waals surface area (Å²) in [6, 6.07) is 11.1. The molecule has 0 aliphatic heterocycles. The normalized spacial score (nSPS) is 10.0. The molecule has 5 heteroatoms. The van der Waals surface area contributed by atoms with E-state index in [2.05, 4.69) is 4.98 Å². The number of ether oxygens (including phenoxy) is 1. The Balaban J connectivity index is 2.16. The fourth-order valence-corrected chi connectivity index (χ4v) is 1.55. The first-order valence-corrected chi connectivity index (χ1v) is 5.82. The van der Waals surface area contributed by atoms with Gasteiger partial charge < -0.3 is 15.4 Å². The summed E-state index contributed by atoms with van der Waals surface area (Å²) in [6.07, 6.45) is 1.52. The minimum Gasteiger partial charge on any atom is -0.439 e. The van der Waals surface area contributed by atoms with Gasteiger partial charge in [0.05, 0.1) is 0 Å². The van der Waals surface area contributed by atoms with Crippen LogP contribution < -0.4 is 15.4 Å². The van der Waals surface area contributed by atoms with Crippen molar-refractivity contribution in [1.29, 1.82) is 5.41 Å². The van der Waals surface area contributed by atoms with Gasteiger partial charge in [-0.3, -0.25) is 5.41 Å². The van der Waals surface area contributed by atoms with Gasteiger partial charge in [-0.2, -0.15) is 0 Å². The lowest BCUT2D eigenvalue weighted by atomic mass is 10.2. The first-order valence-electron chi connectivity index (χ1n) is 5.82. The van der Waals surface area contributed by atoms with E-state index < -0.39 is 0 Å². The second kappa shape index (κ2) is 5.39. The van der Waals surface area contributed by atoms with Crippen molar-refractivity contribution in [2.75, 3.05) is 19.0 Å². The average molecular weight is 256 g/mol. The molecule has 0 unspecified atom stereocenters. The molecule has 0 bridgehead atoms. The van der Waals surface area contributed by atoms with Crippen LogP contribution in [0.5, 0.6) is 11.6 Å². The van der Waals surface area contributed by atoms with Crippen molar-refractivity contribution in [3.63, 3.8) is 0 Å². The molecule has 2 aromatic rings. The zero-order valence-electron chi connectivity index (χ0n) is 10.9. The topological polar surface area (TPSA) is 75.2 Å². The lowest BCUT2D eigenvalue weighted by Crippen LogP contribution is -2.11. The number of nitrogens with zero attached hydrogens (tertiary/aromatic N) is 2. The number of nitrogens with two attached hydrogens (primary N) is 1. The summed E-state index contributed by atoms with van der Waals surface area (Å²) in [5, 5.41) is 7.29. The highest BCUT2D eigenvalue weighted by molar-refractivity contribution is 5.94. The molecule has 0 aliphatic carbocycles. The van der Waals surface area contributed by atoms with Crippen molar-refractivity contribution in [1.82, 2.24) is 4.98 Å². The van der Waals surface area contributed by atoms with Gasteiger partial charge in [-0.15, -0.1) is 0 Å². The number of anilines is 1. The highest BCUT2D eigenvalue weighted by Crippen LogP contribution is 2.23. The second-order valence-electron chi connectivity index (χ2n) is 4.29. The van der Waals surface area contributed by atoms with Gasteiger partial charge in [0.2, 0.25) is 5.88 Å². The Hall–Kier alpha value is -2.56. The predicted octanol–water partition coefficient (Wildman–Crippen LogP) is 2.22. The van der Waals surface area contributed by atoms with Crippen molar-refractivity contribution in [3.05, 3.63) is 48.2 Å². The molecule has 0 saturated carbocycles. The lowest BCUT2D eigenvalue weighted by molar-refractivity contribution is 0.463. The molecule has 0 spiro atoms. The van der Waals surface area contributed by atoms with Gasteiger partial charge in [0.15, 0.2) is 0 Å². The van der Waals surface area contributed by atoms with Crippen molar-refractivity contribution in [2.45, 2.75) is 0 Å². The molecule has 98 valence electrons. The summed E-state index contributed by atoms with van der Waals surface area (Å²) in [6.45, 7) is 0. The second-order valence-corrected chi connectivity index (χ2v) is 4.29. The molecule has 0 saturated heterocycles. The number of nitrogens with one attached hydrogen (secondary N) is 1. The van der Waals surface area contributed by atoms with Crippen LogP contribution in [0, 0.1) is 5.41 Å². The van der Waals surface area contributed by atoms with Crippen molar-refractivity contribution in [3.8, 4) is 11.6 Å². The molecule has 1 aromatic heterocycles. The Morgan fingerprint density at radius 3 is 2.63 bits per heavy atom. The zero-order chi connectivity index (χ0) is 13.8. The minimum absolute atomic E-state index is 0.00587.